The number of hydrogen-bond donors (Lipinski definition) is 2. The standard InChI is InChI=1S/C14H12N6O6S2.2Na/c15-9-5-7(1-3-11(9)27(21,22)23)13-17-19-14(20-18-13)8-2-4-12(10(16)6-8)28(24,25)26;;/h1-6H,15-16H2,(H,21,22,23)(H,24,25,26);;/q;2*+1/p-2. The van der Waals surface area contributed by atoms with E-state index < -0.39 is 30.0 Å². The average molecular weight is 468 g/mol. The van der Waals surface area contributed by atoms with Crippen LogP contribution in [0.3, 0.4) is 0 Å². The predicted molar refractivity (Wildman–Crippen MR) is 93.2 cm³/mol. The Balaban J connectivity index is 0.00000225. The first-order chi connectivity index (χ1) is 13.0. The van der Waals surface area contributed by atoms with Crippen LogP contribution < -0.4 is 70.6 Å². The molecule has 0 aliphatic carbocycles. The molecule has 0 saturated heterocycles. The number of hydrogen-bond acceptors (Lipinski definition) is 12. The summed E-state index contributed by atoms with van der Waals surface area (Å²) in [5, 5.41) is 15.3. The molecule has 0 bridgehead atoms. The van der Waals surface area contributed by atoms with E-state index in [0.29, 0.717) is 0 Å². The van der Waals surface area contributed by atoms with Crippen LogP contribution in [-0.2, 0) is 20.2 Å². The Hall–Kier alpha value is -1.20. The fourth-order valence-electron chi connectivity index (χ4n) is 2.29. The van der Waals surface area contributed by atoms with Gasteiger partial charge in [0.2, 0.25) is 11.6 Å². The molecule has 30 heavy (non-hydrogen) atoms. The van der Waals surface area contributed by atoms with Gasteiger partial charge in [0.1, 0.15) is 20.2 Å². The van der Waals surface area contributed by atoms with Gasteiger partial charge in [0, 0.05) is 22.5 Å². The third-order valence-corrected chi connectivity index (χ3v) is 5.37. The summed E-state index contributed by atoms with van der Waals surface area (Å²) >= 11 is 0. The van der Waals surface area contributed by atoms with Gasteiger partial charge in [0.15, 0.2) is 0 Å². The van der Waals surface area contributed by atoms with Crippen molar-refractivity contribution in [1.82, 2.24) is 20.4 Å². The Morgan fingerprint density at radius 1 is 0.633 bits per heavy atom. The fraction of sp³-hybridized carbons (Fsp3) is 0. The Bertz CT molecular complexity index is 1190. The monoisotopic (exact) mass is 468 g/mol. The maximum absolute atomic E-state index is 11.1. The SMILES string of the molecule is Nc1cc(-c2nnc(-c3ccc(S(=O)(=O)[O-])c(N)c3)nn2)ccc1S(=O)(=O)[O-].[Na+].[Na+]. The molecule has 0 atom stereocenters. The van der Waals surface area contributed by atoms with Crippen molar-refractivity contribution in [1.29, 1.82) is 0 Å². The van der Waals surface area contributed by atoms with E-state index >= 15 is 0 Å². The summed E-state index contributed by atoms with van der Waals surface area (Å²) in [6, 6.07) is 6.96. The van der Waals surface area contributed by atoms with Crippen LogP contribution in [0.15, 0.2) is 46.2 Å². The second-order valence-electron chi connectivity index (χ2n) is 5.46. The molecule has 16 heteroatoms. The van der Waals surface area contributed by atoms with Gasteiger partial charge >= 0.3 is 59.1 Å². The summed E-state index contributed by atoms with van der Waals surface area (Å²) in [6.45, 7) is 0. The maximum atomic E-state index is 11.1. The Kier molecular flexibility index (Phi) is 8.90. The Morgan fingerprint density at radius 3 is 1.17 bits per heavy atom. The number of aromatic nitrogens is 4. The molecule has 146 valence electrons. The van der Waals surface area contributed by atoms with E-state index in [1.807, 2.05) is 0 Å². The second kappa shape index (κ2) is 9.95. The van der Waals surface area contributed by atoms with Crippen LogP contribution in [0.2, 0.25) is 0 Å². The van der Waals surface area contributed by atoms with Crippen LogP contribution in [0.4, 0.5) is 11.4 Å². The first-order valence-corrected chi connectivity index (χ1v) is 10.1. The van der Waals surface area contributed by atoms with Crippen molar-refractivity contribution in [3.05, 3.63) is 36.4 Å². The molecule has 1 heterocycles. The summed E-state index contributed by atoms with van der Waals surface area (Å²) in [7, 11) is -9.43. The molecule has 12 nitrogen and oxygen atoms in total. The number of rotatable bonds is 4. The first-order valence-electron chi connectivity index (χ1n) is 7.26. The molecule has 0 aliphatic rings. The third kappa shape index (κ3) is 5.94. The van der Waals surface area contributed by atoms with E-state index in [9.17, 15) is 25.9 Å². The van der Waals surface area contributed by atoms with Crippen LogP contribution in [-0.4, -0.2) is 46.3 Å². The number of nitrogens with zero attached hydrogens (tertiary/aromatic N) is 4. The van der Waals surface area contributed by atoms with Gasteiger partial charge in [-0.3, -0.25) is 0 Å². The van der Waals surface area contributed by atoms with E-state index in [0.717, 1.165) is 12.1 Å². The van der Waals surface area contributed by atoms with Crippen LogP contribution in [0, 0.1) is 0 Å². The number of nitrogens with two attached hydrogens (primary N) is 2. The van der Waals surface area contributed by atoms with Crippen molar-refractivity contribution in [3.8, 4) is 22.8 Å². The molecule has 0 spiro atoms. The molecule has 1 aromatic heterocycles. The maximum Gasteiger partial charge on any atom is 1.00 e. The molecule has 4 N–H and O–H groups in total. The number of anilines is 2. The van der Waals surface area contributed by atoms with Crippen LogP contribution in [0.1, 0.15) is 0 Å². The molecule has 0 saturated carbocycles. The Labute approximate surface area is 215 Å². The van der Waals surface area contributed by atoms with Crippen molar-refractivity contribution in [2.24, 2.45) is 0 Å². The quantitative estimate of drug-likeness (QED) is 0.207. The van der Waals surface area contributed by atoms with E-state index in [1.165, 1.54) is 24.3 Å². The number of benzene rings is 2. The smallest absolute Gasteiger partial charge is 0.744 e. The zero-order chi connectivity index (χ0) is 20.7. The molecule has 3 rings (SSSR count). The predicted octanol–water partition coefficient (Wildman–Crippen LogP) is -6.42. The topological polar surface area (TPSA) is 218 Å². The van der Waals surface area contributed by atoms with Crippen molar-refractivity contribution in [2.45, 2.75) is 9.79 Å². The van der Waals surface area contributed by atoms with Gasteiger partial charge in [0.25, 0.3) is 0 Å². The summed E-state index contributed by atoms with van der Waals surface area (Å²) in [5.74, 6) is -0.00551. The first kappa shape index (κ1) is 26.8. The third-order valence-electron chi connectivity index (χ3n) is 3.55. The van der Waals surface area contributed by atoms with Gasteiger partial charge in [0.05, 0.1) is 9.79 Å². The van der Waals surface area contributed by atoms with E-state index in [2.05, 4.69) is 20.4 Å². The largest absolute Gasteiger partial charge is 1.00 e. The minimum atomic E-state index is -4.72. The molecule has 0 radical (unpaired) electrons. The molecule has 0 aliphatic heterocycles. The van der Waals surface area contributed by atoms with Crippen LogP contribution in [0.5, 0.6) is 0 Å². The fourth-order valence-corrected chi connectivity index (χ4v) is 3.46. The molecule has 0 amide bonds. The normalized spacial score (nSPS) is 11.3. The summed E-state index contributed by atoms with van der Waals surface area (Å²) < 4.78 is 66.3. The molecular weight excluding hydrogens is 458 g/mol. The summed E-state index contributed by atoms with van der Waals surface area (Å²) in [5.41, 5.74) is 11.1. The Morgan fingerprint density at radius 2 is 0.933 bits per heavy atom. The van der Waals surface area contributed by atoms with Crippen molar-refractivity contribution < 1.29 is 85.1 Å². The summed E-state index contributed by atoms with van der Waals surface area (Å²) in [6.07, 6.45) is 0. The van der Waals surface area contributed by atoms with Gasteiger partial charge in [-0.25, -0.2) is 16.8 Å². The minimum Gasteiger partial charge on any atom is -0.744 e. The zero-order valence-corrected chi connectivity index (χ0v) is 21.3. The van der Waals surface area contributed by atoms with Gasteiger partial charge in [-0.15, -0.1) is 20.4 Å². The van der Waals surface area contributed by atoms with E-state index in [1.54, 1.807) is 0 Å². The van der Waals surface area contributed by atoms with Crippen LogP contribution in [0.25, 0.3) is 22.8 Å². The molecule has 0 fully saturated rings. The molecule has 3 aromatic rings. The van der Waals surface area contributed by atoms with Gasteiger partial charge in [-0.2, -0.15) is 0 Å². The van der Waals surface area contributed by atoms with Gasteiger partial charge in [-0.1, -0.05) is 0 Å². The molecular formula is C14H10N6Na2O6S2. The minimum absolute atomic E-state index is 0. The second-order valence-corrected chi connectivity index (χ2v) is 8.16. The van der Waals surface area contributed by atoms with E-state index in [-0.39, 0.29) is 93.3 Å². The molecule has 2 aromatic carbocycles. The summed E-state index contributed by atoms with van der Waals surface area (Å²) in [4.78, 5) is -1.14. The van der Waals surface area contributed by atoms with Crippen LogP contribution >= 0.6 is 0 Å². The number of nitrogen functional groups attached to an aromatic ring is 2. The van der Waals surface area contributed by atoms with Crippen molar-refractivity contribution in [2.75, 3.05) is 11.5 Å². The van der Waals surface area contributed by atoms with Gasteiger partial charge < -0.3 is 20.6 Å². The van der Waals surface area contributed by atoms with Crippen molar-refractivity contribution in [3.63, 3.8) is 0 Å². The zero-order valence-electron chi connectivity index (χ0n) is 15.7. The van der Waals surface area contributed by atoms with E-state index in [4.69, 9.17) is 11.5 Å². The average Bonchev–Trinajstić information content (AvgIpc) is 2.59. The van der Waals surface area contributed by atoms with Gasteiger partial charge in [-0.05, 0) is 36.4 Å². The van der Waals surface area contributed by atoms with Crippen molar-refractivity contribution >= 4 is 31.6 Å². The molecule has 0 unspecified atom stereocenters.